The first-order chi connectivity index (χ1) is 9.61. The van der Waals surface area contributed by atoms with Gasteiger partial charge in [0, 0.05) is 16.8 Å². The van der Waals surface area contributed by atoms with E-state index in [1.165, 1.54) is 6.07 Å². The van der Waals surface area contributed by atoms with Crippen LogP contribution < -0.4 is 5.32 Å². The van der Waals surface area contributed by atoms with Crippen LogP contribution in [0.2, 0.25) is 5.02 Å². The Hall–Kier alpha value is -1.45. The monoisotopic (exact) mass is 292 g/mol. The van der Waals surface area contributed by atoms with E-state index in [1.54, 1.807) is 18.3 Å². The second kappa shape index (κ2) is 6.82. The summed E-state index contributed by atoms with van der Waals surface area (Å²) in [5.41, 5.74) is 2.49. The Balaban J connectivity index is 2.41. The van der Waals surface area contributed by atoms with Gasteiger partial charge in [-0.15, -0.1) is 0 Å². The molecule has 1 heterocycles. The van der Waals surface area contributed by atoms with Gasteiger partial charge in [0.2, 0.25) is 0 Å². The van der Waals surface area contributed by atoms with Gasteiger partial charge in [0.05, 0.1) is 11.7 Å². The molecular formula is C16H18ClFN2. The molecule has 0 spiro atoms. The van der Waals surface area contributed by atoms with Crippen molar-refractivity contribution in [1.29, 1.82) is 0 Å². The minimum absolute atomic E-state index is 0.257. The van der Waals surface area contributed by atoms with Crippen molar-refractivity contribution in [1.82, 2.24) is 10.3 Å². The van der Waals surface area contributed by atoms with Crippen molar-refractivity contribution in [3.63, 3.8) is 0 Å². The summed E-state index contributed by atoms with van der Waals surface area (Å²) in [6.45, 7) is 4.87. The van der Waals surface area contributed by atoms with E-state index in [2.05, 4.69) is 17.2 Å². The highest BCUT2D eigenvalue weighted by atomic mass is 35.5. The zero-order valence-corrected chi connectivity index (χ0v) is 12.4. The fourth-order valence-corrected chi connectivity index (χ4v) is 2.27. The van der Waals surface area contributed by atoms with Crippen molar-refractivity contribution in [2.45, 2.75) is 26.3 Å². The molecule has 1 aromatic carbocycles. The number of hydrogen-bond donors (Lipinski definition) is 1. The largest absolute Gasteiger partial charge is 0.305 e. The van der Waals surface area contributed by atoms with Crippen LogP contribution >= 0.6 is 11.6 Å². The van der Waals surface area contributed by atoms with Gasteiger partial charge in [0.25, 0.3) is 0 Å². The molecule has 1 atom stereocenters. The Morgan fingerprint density at radius 3 is 2.75 bits per heavy atom. The van der Waals surface area contributed by atoms with E-state index in [0.717, 1.165) is 24.2 Å². The lowest BCUT2D eigenvalue weighted by atomic mass is 10.0. The summed E-state index contributed by atoms with van der Waals surface area (Å²) in [5.74, 6) is -0.311. The Bertz CT molecular complexity index is 586. The number of aryl methyl sites for hydroxylation is 1. The number of nitrogens with zero attached hydrogens (tertiary/aromatic N) is 1. The van der Waals surface area contributed by atoms with Crippen LogP contribution in [0, 0.1) is 12.7 Å². The molecule has 0 fully saturated rings. The number of benzene rings is 1. The molecule has 1 N–H and O–H groups in total. The summed E-state index contributed by atoms with van der Waals surface area (Å²) in [5, 5.41) is 3.74. The van der Waals surface area contributed by atoms with Gasteiger partial charge in [-0.3, -0.25) is 4.98 Å². The maximum atomic E-state index is 14.2. The minimum Gasteiger partial charge on any atom is -0.305 e. The summed E-state index contributed by atoms with van der Waals surface area (Å²) in [7, 11) is 0. The van der Waals surface area contributed by atoms with Gasteiger partial charge in [-0.25, -0.2) is 4.39 Å². The van der Waals surface area contributed by atoms with Crippen LogP contribution in [0.15, 0.2) is 36.5 Å². The maximum absolute atomic E-state index is 14.2. The standard InChI is InChI=1S/C16H18ClFN2/c1-3-7-20-16(15-9-11(2)6-8-19-15)13-5-4-12(17)10-14(13)18/h4-6,8-10,16,20H,3,7H2,1-2H3. The van der Waals surface area contributed by atoms with Crippen LogP contribution in [0.1, 0.15) is 36.2 Å². The predicted molar refractivity (Wildman–Crippen MR) is 80.5 cm³/mol. The lowest BCUT2D eigenvalue weighted by Gasteiger charge is -2.19. The van der Waals surface area contributed by atoms with Gasteiger partial charge in [-0.05, 0) is 49.7 Å². The average Bonchev–Trinajstić information content (AvgIpc) is 2.41. The zero-order chi connectivity index (χ0) is 14.5. The Morgan fingerprint density at radius 2 is 2.10 bits per heavy atom. The number of halogens is 2. The first kappa shape index (κ1) is 14.9. The third-order valence-electron chi connectivity index (χ3n) is 3.10. The van der Waals surface area contributed by atoms with Gasteiger partial charge in [-0.2, -0.15) is 0 Å². The second-order valence-electron chi connectivity index (χ2n) is 4.81. The zero-order valence-electron chi connectivity index (χ0n) is 11.7. The van der Waals surface area contributed by atoms with Gasteiger partial charge >= 0.3 is 0 Å². The molecule has 20 heavy (non-hydrogen) atoms. The van der Waals surface area contributed by atoms with E-state index >= 15 is 0 Å². The predicted octanol–water partition coefficient (Wildman–Crippen LogP) is 4.27. The molecule has 4 heteroatoms. The van der Waals surface area contributed by atoms with Crippen molar-refractivity contribution in [3.8, 4) is 0 Å². The smallest absolute Gasteiger partial charge is 0.129 e. The maximum Gasteiger partial charge on any atom is 0.129 e. The molecule has 0 amide bonds. The molecule has 0 aliphatic carbocycles. The topological polar surface area (TPSA) is 24.9 Å². The van der Waals surface area contributed by atoms with Crippen molar-refractivity contribution >= 4 is 11.6 Å². The van der Waals surface area contributed by atoms with E-state index in [-0.39, 0.29) is 11.9 Å². The number of nitrogens with one attached hydrogen (secondary N) is 1. The van der Waals surface area contributed by atoms with Crippen LogP contribution in [0.4, 0.5) is 4.39 Å². The molecule has 106 valence electrons. The molecular weight excluding hydrogens is 275 g/mol. The molecule has 0 saturated carbocycles. The van der Waals surface area contributed by atoms with Gasteiger partial charge in [0.1, 0.15) is 5.82 Å². The minimum atomic E-state index is -0.311. The molecule has 2 rings (SSSR count). The first-order valence-electron chi connectivity index (χ1n) is 6.72. The molecule has 0 saturated heterocycles. The van der Waals surface area contributed by atoms with E-state index in [0.29, 0.717) is 10.6 Å². The SMILES string of the molecule is CCCNC(c1cc(C)ccn1)c1ccc(Cl)cc1F. The Kier molecular flexibility index (Phi) is 5.10. The molecule has 0 aliphatic rings. The van der Waals surface area contributed by atoms with Gasteiger partial charge in [-0.1, -0.05) is 24.6 Å². The first-order valence-corrected chi connectivity index (χ1v) is 7.10. The Labute approximate surface area is 124 Å². The number of hydrogen-bond acceptors (Lipinski definition) is 2. The van der Waals surface area contributed by atoms with E-state index < -0.39 is 0 Å². The summed E-state index contributed by atoms with van der Waals surface area (Å²) in [6, 6.07) is 8.41. The fourth-order valence-electron chi connectivity index (χ4n) is 2.12. The highest BCUT2D eigenvalue weighted by molar-refractivity contribution is 6.30. The highest BCUT2D eigenvalue weighted by Gasteiger charge is 2.18. The van der Waals surface area contributed by atoms with Crippen LogP contribution in [-0.4, -0.2) is 11.5 Å². The van der Waals surface area contributed by atoms with Gasteiger partial charge < -0.3 is 5.32 Å². The molecule has 0 bridgehead atoms. The molecule has 2 nitrogen and oxygen atoms in total. The quantitative estimate of drug-likeness (QED) is 0.890. The van der Waals surface area contributed by atoms with Crippen LogP contribution in [0.3, 0.4) is 0 Å². The van der Waals surface area contributed by atoms with Crippen molar-refractivity contribution in [2.75, 3.05) is 6.54 Å². The molecule has 1 aromatic heterocycles. The summed E-state index contributed by atoms with van der Waals surface area (Å²) < 4.78 is 14.2. The van der Waals surface area contributed by atoms with Crippen molar-refractivity contribution in [3.05, 3.63) is 64.2 Å². The summed E-state index contributed by atoms with van der Waals surface area (Å²) in [4.78, 5) is 4.37. The third kappa shape index (κ3) is 3.56. The molecule has 1 unspecified atom stereocenters. The fraction of sp³-hybridized carbons (Fsp3) is 0.312. The Morgan fingerprint density at radius 1 is 1.30 bits per heavy atom. The van der Waals surface area contributed by atoms with Crippen LogP contribution in [0.25, 0.3) is 0 Å². The number of pyridine rings is 1. The van der Waals surface area contributed by atoms with E-state index in [9.17, 15) is 4.39 Å². The van der Waals surface area contributed by atoms with Crippen LogP contribution in [-0.2, 0) is 0 Å². The molecule has 2 aromatic rings. The number of aromatic nitrogens is 1. The normalized spacial score (nSPS) is 12.4. The van der Waals surface area contributed by atoms with Gasteiger partial charge in [0.15, 0.2) is 0 Å². The summed E-state index contributed by atoms with van der Waals surface area (Å²) >= 11 is 5.82. The van der Waals surface area contributed by atoms with E-state index in [4.69, 9.17) is 11.6 Å². The van der Waals surface area contributed by atoms with Crippen molar-refractivity contribution < 1.29 is 4.39 Å². The summed E-state index contributed by atoms with van der Waals surface area (Å²) in [6.07, 6.45) is 2.72. The molecule has 0 radical (unpaired) electrons. The number of rotatable bonds is 5. The lowest BCUT2D eigenvalue weighted by Crippen LogP contribution is -2.25. The van der Waals surface area contributed by atoms with Crippen molar-refractivity contribution in [2.24, 2.45) is 0 Å². The average molecular weight is 293 g/mol. The van der Waals surface area contributed by atoms with E-state index in [1.807, 2.05) is 19.1 Å². The third-order valence-corrected chi connectivity index (χ3v) is 3.34. The molecule has 0 aliphatic heterocycles. The second-order valence-corrected chi connectivity index (χ2v) is 5.25. The lowest BCUT2D eigenvalue weighted by molar-refractivity contribution is 0.539. The van der Waals surface area contributed by atoms with Crippen LogP contribution in [0.5, 0.6) is 0 Å². The highest BCUT2D eigenvalue weighted by Crippen LogP contribution is 2.25.